The zero-order chi connectivity index (χ0) is 25.6. The summed E-state index contributed by atoms with van der Waals surface area (Å²) in [6.07, 6.45) is 0. The Labute approximate surface area is 220 Å². The van der Waals surface area contributed by atoms with E-state index in [2.05, 4.69) is 84.9 Å². The van der Waals surface area contributed by atoms with Crippen LogP contribution in [-0.2, 0) is 0 Å². The van der Waals surface area contributed by atoms with Crippen LogP contribution in [0.4, 0.5) is 0 Å². The first kappa shape index (κ1) is 22.3. The molecule has 0 N–H and O–H groups in total. The van der Waals surface area contributed by atoms with Gasteiger partial charge >= 0.3 is 0 Å². The Morgan fingerprint density at radius 1 is 0.421 bits per heavy atom. The second kappa shape index (κ2) is 8.86. The lowest BCUT2D eigenvalue weighted by Crippen LogP contribution is -1.91. The second-order valence-corrected chi connectivity index (χ2v) is 9.42. The van der Waals surface area contributed by atoms with Crippen molar-refractivity contribution in [2.75, 3.05) is 14.2 Å². The van der Waals surface area contributed by atoms with E-state index in [1.165, 1.54) is 0 Å². The molecule has 1 aromatic heterocycles. The normalized spacial score (nSPS) is 11.4. The highest BCUT2D eigenvalue weighted by atomic mass is 16.5. The van der Waals surface area contributed by atoms with Gasteiger partial charge in [-0.2, -0.15) is 0 Å². The summed E-state index contributed by atoms with van der Waals surface area (Å²) < 4.78 is 10.6. The fourth-order valence-corrected chi connectivity index (χ4v) is 5.19. The number of ether oxygens (including phenoxy) is 2. The van der Waals surface area contributed by atoms with Gasteiger partial charge in [-0.25, -0.2) is 9.97 Å². The van der Waals surface area contributed by atoms with E-state index in [1.54, 1.807) is 14.2 Å². The number of methoxy groups -OCH3 is 2. The maximum absolute atomic E-state index is 5.31. The maximum Gasteiger partial charge on any atom is 0.118 e. The summed E-state index contributed by atoms with van der Waals surface area (Å²) in [7, 11) is 3.37. The highest BCUT2D eigenvalue weighted by Gasteiger charge is 2.11. The lowest BCUT2D eigenvalue weighted by atomic mass is 9.99. The summed E-state index contributed by atoms with van der Waals surface area (Å²) in [6, 6.07) is 37.7. The van der Waals surface area contributed by atoms with Crippen LogP contribution in [0, 0.1) is 0 Å². The van der Waals surface area contributed by atoms with Gasteiger partial charge in [0.25, 0.3) is 0 Å². The van der Waals surface area contributed by atoms with Gasteiger partial charge in [0.05, 0.1) is 36.3 Å². The van der Waals surface area contributed by atoms with Crippen LogP contribution in [0.5, 0.6) is 11.5 Å². The SMILES string of the molecule is COc1ccc(-c2ccc3c(ccc4nc5ccc6cc(-c7ccc(OC)cc7)ccc6c5nc43)c2)cc1. The van der Waals surface area contributed by atoms with Crippen molar-refractivity contribution >= 4 is 43.6 Å². The molecule has 0 radical (unpaired) electrons. The summed E-state index contributed by atoms with van der Waals surface area (Å²) in [5.74, 6) is 1.71. The van der Waals surface area contributed by atoms with E-state index in [9.17, 15) is 0 Å². The van der Waals surface area contributed by atoms with E-state index < -0.39 is 0 Å². The zero-order valence-corrected chi connectivity index (χ0v) is 21.1. The van der Waals surface area contributed by atoms with Gasteiger partial charge in [0, 0.05) is 10.8 Å². The molecule has 7 aromatic rings. The van der Waals surface area contributed by atoms with Crippen LogP contribution in [0.25, 0.3) is 65.9 Å². The molecule has 38 heavy (non-hydrogen) atoms. The van der Waals surface area contributed by atoms with Crippen LogP contribution in [0.15, 0.2) is 109 Å². The van der Waals surface area contributed by atoms with Crippen molar-refractivity contribution in [1.29, 1.82) is 0 Å². The fraction of sp³-hybridized carbons (Fsp3) is 0.0588. The summed E-state index contributed by atoms with van der Waals surface area (Å²) in [5.41, 5.74) is 8.25. The fourth-order valence-electron chi connectivity index (χ4n) is 5.19. The number of fused-ring (bicyclic) bond motifs is 6. The van der Waals surface area contributed by atoms with E-state index in [4.69, 9.17) is 19.4 Å². The first-order valence-corrected chi connectivity index (χ1v) is 12.6. The number of aromatic nitrogens is 2. The van der Waals surface area contributed by atoms with Crippen molar-refractivity contribution in [3.8, 4) is 33.8 Å². The van der Waals surface area contributed by atoms with Gasteiger partial charge in [0.1, 0.15) is 11.5 Å². The Bertz CT molecular complexity index is 1840. The van der Waals surface area contributed by atoms with E-state index >= 15 is 0 Å². The minimum atomic E-state index is 0.853. The zero-order valence-electron chi connectivity index (χ0n) is 21.1. The minimum Gasteiger partial charge on any atom is -0.497 e. The lowest BCUT2D eigenvalue weighted by Gasteiger charge is -2.10. The van der Waals surface area contributed by atoms with Crippen molar-refractivity contribution < 1.29 is 9.47 Å². The molecule has 4 nitrogen and oxygen atoms in total. The van der Waals surface area contributed by atoms with Gasteiger partial charge in [0.2, 0.25) is 0 Å². The van der Waals surface area contributed by atoms with Crippen LogP contribution in [0.1, 0.15) is 0 Å². The van der Waals surface area contributed by atoms with Crippen LogP contribution in [-0.4, -0.2) is 24.2 Å². The monoisotopic (exact) mass is 492 g/mol. The third-order valence-electron chi connectivity index (χ3n) is 7.25. The molecule has 7 rings (SSSR count). The van der Waals surface area contributed by atoms with Crippen molar-refractivity contribution in [3.63, 3.8) is 0 Å². The molecule has 0 spiro atoms. The Morgan fingerprint density at radius 3 is 1.26 bits per heavy atom. The molecule has 0 atom stereocenters. The second-order valence-electron chi connectivity index (χ2n) is 9.42. The van der Waals surface area contributed by atoms with Crippen LogP contribution < -0.4 is 9.47 Å². The highest BCUT2D eigenvalue weighted by Crippen LogP contribution is 2.33. The standard InChI is InChI=1S/C34H24N2O2/c1-37-27-11-3-21(4-12-27)23-7-15-29-25(19-23)9-17-31-33(29)36-34-30-16-8-24(20-26(30)10-18-32(34)35-31)22-5-13-28(38-2)14-6-22/h3-20H,1-2H3. The molecule has 0 unspecified atom stereocenters. The van der Waals surface area contributed by atoms with Gasteiger partial charge in [-0.1, -0.05) is 60.7 Å². The predicted octanol–water partition coefficient (Wildman–Crippen LogP) is 8.44. The van der Waals surface area contributed by atoms with Crippen LogP contribution >= 0.6 is 0 Å². The summed E-state index contributed by atoms with van der Waals surface area (Å²) in [5, 5.41) is 4.48. The third kappa shape index (κ3) is 3.70. The summed E-state index contributed by atoms with van der Waals surface area (Å²) in [6.45, 7) is 0. The molecule has 0 aliphatic carbocycles. The van der Waals surface area contributed by atoms with Gasteiger partial charge in [-0.3, -0.25) is 0 Å². The summed E-state index contributed by atoms with van der Waals surface area (Å²) >= 11 is 0. The third-order valence-corrected chi connectivity index (χ3v) is 7.25. The maximum atomic E-state index is 5.31. The van der Waals surface area contributed by atoms with Crippen molar-refractivity contribution in [3.05, 3.63) is 109 Å². The Hall–Kier alpha value is -4.96. The average molecular weight is 493 g/mol. The molecule has 0 aliphatic heterocycles. The predicted molar refractivity (Wildman–Crippen MR) is 156 cm³/mol. The van der Waals surface area contributed by atoms with Gasteiger partial charge < -0.3 is 9.47 Å². The number of benzene rings is 6. The minimum absolute atomic E-state index is 0.853. The number of rotatable bonds is 4. The van der Waals surface area contributed by atoms with Crippen molar-refractivity contribution in [2.24, 2.45) is 0 Å². The molecule has 1 heterocycles. The molecular weight excluding hydrogens is 468 g/mol. The van der Waals surface area contributed by atoms with E-state index in [0.29, 0.717) is 0 Å². The molecule has 0 saturated heterocycles. The molecule has 0 amide bonds. The number of nitrogens with zero attached hydrogens (tertiary/aromatic N) is 2. The Morgan fingerprint density at radius 2 is 0.842 bits per heavy atom. The topological polar surface area (TPSA) is 44.2 Å². The Kier molecular flexibility index (Phi) is 5.19. The van der Waals surface area contributed by atoms with Crippen LogP contribution in [0.2, 0.25) is 0 Å². The quantitative estimate of drug-likeness (QED) is 0.183. The first-order valence-electron chi connectivity index (χ1n) is 12.6. The highest BCUT2D eigenvalue weighted by molar-refractivity contribution is 6.11. The molecule has 6 aromatic carbocycles. The molecule has 0 saturated carbocycles. The largest absolute Gasteiger partial charge is 0.497 e. The van der Waals surface area contributed by atoms with Crippen LogP contribution in [0.3, 0.4) is 0 Å². The van der Waals surface area contributed by atoms with Gasteiger partial charge in [-0.05, 0) is 81.6 Å². The molecule has 0 bridgehead atoms. The van der Waals surface area contributed by atoms with E-state index in [-0.39, 0.29) is 0 Å². The smallest absolute Gasteiger partial charge is 0.118 e. The number of hydrogen-bond donors (Lipinski definition) is 0. The van der Waals surface area contributed by atoms with Crippen molar-refractivity contribution in [2.45, 2.75) is 0 Å². The molecule has 0 aliphatic rings. The first-order chi connectivity index (χ1) is 18.7. The Balaban J connectivity index is 1.36. The van der Waals surface area contributed by atoms with Gasteiger partial charge in [-0.15, -0.1) is 0 Å². The molecule has 4 heteroatoms. The van der Waals surface area contributed by atoms with E-state index in [0.717, 1.165) is 77.4 Å². The molecule has 0 fully saturated rings. The molecular formula is C34H24N2O2. The summed E-state index contributed by atoms with van der Waals surface area (Å²) in [4.78, 5) is 10.2. The average Bonchev–Trinajstić information content (AvgIpc) is 2.99. The van der Waals surface area contributed by atoms with Gasteiger partial charge in [0.15, 0.2) is 0 Å². The van der Waals surface area contributed by atoms with Crippen molar-refractivity contribution in [1.82, 2.24) is 9.97 Å². The number of hydrogen-bond acceptors (Lipinski definition) is 4. The molecule has 182 valence electrons. The lowest BCUT2D eigenvalue weighted by molar-refractivity contribution is 0.415. The van der Waals surface area contributed by atoms with E-state index in [1.807, 2.05) is 24.3 Å².